The van der Waals surface area contributed by atoms with Gasteiger partial charge in [0.1, 0.15) is 0 Å². The SMILES string of the molecule is CC#CCNC(=O)c1cc(N)cc(Br)c1. The molecule has 0 atom stereocenters. The molecule has 0 fully saturated rings. The summed E-state index contributed by atoms with van der Waals surface area (Å²) < 4.78 is 0.786. The lowest BCUT2D eigenvalue weighted by Crippen LogP contribution is -2.23. The molecule has 15 heavy (non-hydrogen) atoms. The van der Waals surface area contributed by atoms with Crippen molar-refractivity contribution < 1.29 is 4.79 Å². The van der Waals surface area contributed by atoms with Crippen LogP contribution in [0.4, 0.5) is 5.69 Å². The summed E-state index contributed by atoms with van der Waals surface area (Å²) in [7, 11) is 0. The van der Waals surface area contributed by atoms with Gasteiger partial charge in [0.05, 0.1) is 6.54 Å². The predicted molar refractivity (Wildman–Crippen MR) is 64.3 cm³/mol. The third kappa shape index (κ3) is 3.64. The van der Waals surface area contributed by atoms with Crippen LogP contribution in [0, 0.1) is 11.8 Å². The highest BCUT2D eigenvalue weighted by molar-refractivity contribution is 9.10. The molecule has 0 heterocycles. The van der Waals surface area contributed by atoms with Crippen LogP contribution >= 0.6 is 15.9 Å². The zero-order valence-corrected chi connectivity index (χ0v) is 9.89. The van der Waals surface area contributed by atoms with Crippen molar-refractivity contribution in [3.63, 3.8) is 0 Å². The van der Waals surface area contributed by atoms with E-state index in [1.54, 1.807) is 25.1 Å². The third-order valence-corrected chi connectivity index (χ3v) is 2.15. The van der Waals surface area contributed by atoms with Crippen LogP contribution in [0.3, 0.4) is 0 Å². The highest BCUT2D eigenvalue weighted by Gasteiger charge is 2.05. The van der Waals surface area contributed by atoms with Crippen molar-refractivity contribution >= 4 is 27.5 Å². The van der Waals surface area contributed by atoms with Gasteiger partial charge in [0.15, 0.2) is 0 Å². The Labute approximate surface area is 97.2 Å². The molecule has 4 heteroatoms. The first kappa shape index (κ1) is 11.6. The first-order valence-electron chi connectivity index (χ1n) is 4.37. The number of halogens is 1. The van der Waals surface area contributed by atoms with E-state index in [-0.39, 0.29) is 5.91 Å². The molecule has 0 unspecified atom stereocenters. The summed E-state index contributed by atoms with van der Waals surface area (Å²) in [5.74, 6) is 5.28. The lowest BCUT2D eigenvalue weighted by Gasteiger charge is -2.03. The van der Waals surface area contributed by atoms with E-state index in [0.717, 1.165) is 4.47 Å². The Morgan fingerprint density at radius 2 is 2.27 bits per heavy atom. The molecule has 3 N–H and O–H groups in total. The van der Waals surface area contributed by atoms with Gasteiger partial charge in [-0.1, -0.05) is 21.9 Å². The average Bonchev–Trinajstić information content (AvgIpc) is 2.16. The van der Waals surface area contributed by atoms with Gasteiger partial charge in [0, 0.05) is 15.7 Å². The Morgan fingerprint density at radius 3 is 2.87 bits per heavy atom. The molecule has 0 bridgehead atoms. The minimum absolute atomic E-state index is 0.175. The molecular formula is C11H11BrN2O. The fourth-order valence-corrected chi connectivity index (χ4v) is 1.57. The van der Waals surface area contributed by atoms with E-state index in [0.29, 0.717) is 17.8 Å². The zero-order chi connectivity index (χ0) is 11.3. The monoisotopic (exact) mass is 266 g/mol. The quantitative estimate of drug-likeness (QED) is 0.634. The maximum Gasteiger partial charge on any atom is 0.252 e. The summed E-state index contributed by atoms with van der Waals surface area (Å²) >= 11 is 3.28. The molecule has 0 aromatic heterocycles. The fraction of sp³-hybridized carbons (Fsp3) is 0.182. The van der Waals surface area contributed by atoms with Gasteiger partial charge in [-0.15, -0.1) is 5.92 Å². The lowest BCUT2D eigenvalue weighted by atomic mass is 10.2. The third-order valence-electron chi connectivity index (χ3n) is 1.70. The molecule has 1 aromatic rings. The molecule has 0 saturated heterocycles. The molecule has 78 valence electrons. The Hall–Kier alpha value is -1.47. The van der Waals surface area contributed by atoms with Gasteiger partial charge < -0.3 is 11.1 Å². The first-order valence-corrected chi connectivity index (χ1v) is 5.16. The smallest absolute Gasteiger partial charge is 0.252 e. The van der Waals surface area contributed by atoms with Gasteiger partial charge >= 0.3 is 0 Å². The second-order valence-electron chi connectivity index (χ2n) is 2.88. The van der Waals surface area contributed by atoms with Gasteiger partial charge in [0.25, 0.3) is 5.91 Å². The Balaban J connectivity index is 2.76. The molecule has 0 radical (unpaired) electrons. The van der Waals surface area contributed by atoms with Crippen molar-refractivity contribution in [3.05, 3.63) is 28.2 Å². The Bertz CT molecular complexity index is 412. The van der Waals surface area contributed by atoms with Crippen molar-refractivity contribution in [2.45, 2.75) is 6.92 Å². The molecule has 3 nitrogen and oxygen atoms in total. The molecule has 0 saturated carbocycles. The minimum Gasteiger partial charge on any atom is -0.399 e. The topological polar surface area (TPSA) is 55.1 Å². The number of benzene rings is 1. The van der Waals surface area contributed by atoms with E-state index in [2.05, 4.69) is 33.1 Å². The highest BCUT2D eigenvalue weighted by Crippen LogP contribution is 2.16. The van der Waals surface area contributed by atoms with E-state index in [1.165, 1.54) is 0 Å². The van der Waals surface area contributed by atoms with Gasteiger partial charge in [-0.05, 0) is 25.1 Å². The molecule has 0 aliphatic rings. The number of hydrogen-bond donors (Lipinski definition) is 2. The second-order valence-corrected chi connectivity index (χ2v) is 3.80. The van der Waals surface area contributed by atoms with Gasteiger partial charge in [-0.2, -0.15) is 0 Å². The number of rotatable bonds is 2. The molecule has 0 aliphatic carbocycles. The molecule has 0 aliphatic heterocycles. The van der Waals surface area contributed by atoms with E-state index in [1.807, 2.05) is 0 Å². The number of nitrogen functional groups attached to an aromatic ring is 1. The predicted octanol–water partition coefficient (Wildman–Crippen LogP) is 1.78. The number of amides is 1. The van der Waals surface area contributed by atoms with Crippen LogP contribution in [0.25, 0.3) is 0 Å². The summed E-state index contributed by atoms with van der Waals surface area (Å²) in [5.41, 5.74) is 6.69. The second kappa shape index (κ2) is 5.42. The van der Waals surface area contributed by atoms with Crippen molar-refractivity contribution in [3.8, 4) is 11.8 Å². The van der Waals surface area contributed by atoms with Crippen molar-refractivity contribution in [1.82, 2.24) is 5.32 Å². The maximum atomic E-state index is 11.6. The first-order chi connectivity index (χ1) is 7.13. The number of carbonyl (C=O) groups is 1. The molecule has 1 rings (SSSR count). The van der Waals surface area contributed by atoms with Gasteiger partial charge in [-0.25, -0.2) is 0 Å². The van der Waals surface area contributed by atoms with E-state index in [9.17, 15) is 4.79 Å². The molecular weight excluding hydrogens is 256 g/mol. The van der Waals surface area contributed by atoms with Crippen LogP contribution in [-0.2, 0) is 0 Å². The Morgan fingerprint density at radius 1 is 1.53 bits per heavy atom. The van der Waals surface area contributed by atoms with Gasteiger partial charge in [0.2, 0.25) is 0 Å². The number of carbonyl (C=O) groups excluding carboxylic acids is 1. The summed E-state index contributed by atoms with van der Waals surface area (Å²) in [6.45, 7) is 2.07. The zero-order valence-electron chi connectivity index (χ0n) is 8.30. The van der Waals surface area contributed by atoms with Crippen LogP contribution in [0.5, 0.6) is 0 Å². The minimum atomic E-state index is -0.175. The van der Waals surface area contributed by atoms with Crippen LogP contribution in [0.1, 0.15) is 17.3 Å². The fourth-order valence-electron chi connectivity index (χ4n) is 1.06. The number of nitrogens with two attached hydrogens (primary N) is 1. The normalized spacial score (nSPS) is 8.93. The molecule has 0 spiro atoms. The molecule has 1 aromatic carbocycles. The van der Waals surface area contributed by atoms with Crippen LogP contribution in [0.15, 0.2) is 22.7 Å². The van der Waals surface area contributed by atoms with E-state index < -0.39 is 0 Å². The highest BCUT2D eigenvalue weighted by atomic mass is 79.9. The standard InChI is InChI=1S/C11H11BrN2O/c1-2-3-4-14-11(15)8-5-9(12)7-10(13)6-8/h5-7H,4,13H2,1H3,(H,14,15). The maximum absolute atomic E-state index is 11.6. The number of anilines is 1. The van der Waals surface area contributed by atoms with Crippen LogP contribution < -0.4 is 11.1 Å². The van der Waals surface area contributed by atoms with E-state index >= 15 is 0 Å². The Kier molecular flexibility index (Phi) is 4.19. The van der Waals surface area contributed by atoms with E-state index in [4.69, 9.17) is 5.73 Å². The summed E-state index contributed by atoms with van der Waals surface area (Å²) in [6, 6.07) is 5.08. The number of hydrogen-bond acceptors (Lipinski definition) is 2. The van der Waals surface area contributed by atoms with Gasteiger partial charge in [-0.3, -0.25) is 4.79 Å². The molecule has 1 amide bonds. The van der Waals surface area contributed by atoms with Crippen molar-refractivity contribution in [2.75, 3.05) is 12.3 Å². The van der Waals surface area contributed by atoms with Crippen LogP contribution in [-0.4, -0.2) is 12.5 Å². The van der Waals surface area contributed by atoms with Crippen molar-refractivity contribution in [2.24, 2.45) is 0 Å². The summed E-state index contributed by atoms with van der Waals surface area (Å²) in [6.07, 6.45) is 0. The summed E-state index contributed by atoms with van der Waals surface area (Å²) in [5, 5.41) is 2.67. The lowest BCUT2D eigenvalue weighted by molar-refractivity contribution is 0.0958. The average molecular weight is 267 g/mol. The van der Waals surface area contributed by atoms with Crippen molar-refractivity contribution in [1.29, 1.82) is 0 Å². The largest absolute Gasteiger partial charge is 0.399 e. The number of nitrogens with one attached hydrogen (secondary N) is 1. The van der Waals surface area contributed by atoms with Crippen LogP contribution in [0.2, 0.25) is 0 Å². The summed E-state index contributed by atoms with van der Waals surface area (Å²) in [4.78, 5) is 11.6.